The van der Waals surface area contributed by atoms with E-state index in [1.165, 1.54) is 0 Å². The van der Waals surface area contributed by atoms with Crippen LogP contribution in [-0.4, -0.2) is 10.9 Å². The average Bonchev–Trinajstić information content (AvgIpc) is 3.18. The first-order valence-corrected chi connectivity index (χ1v) is 8.44. The second-order valence-corrected chi connectivity index (χ2v) is 6.32. The predicted octanol–water partition coefficient (Wildman–Crippen LogP) is 5.36. The molecule has 0 aliphatic rings. The van der Waals surface area contributed by atoms with Crippen LogP contribution in [0.15, 0.2) is 71.3 Å². The highest BCUT2D eigenvalue weighted by molar-refractivity contribution is 6.13. The molecule has 4 aromatic rings. The molecule has 0 radical (unpaired) electrons. The first kappa shape index (κ1) is 16.1. The third-order valence-corrected chi connectivity index (χ3v) is 4.36. The van der Waals surface area contributed by atoms with E-state index in [1.54, 1.807) is 12.3 Å². The first-order valence-electron chi connectivity index (χ1n) is 8.44. The molecule has 0 aliphatic heterocycles. The summed E-state index contributed by atoms with van der Waals surface area (Å²) in [7, 11) is 0. The lowest BCUT2D eigenvalue weighted by molar-refractivity contribution is 0.102. The number of hydrogen-bond acceptors (Lipinski definition) is 3. The van der Waals surface area contributed by atoms with Gasteiger partial charge in [-0.3, -0.25) is 4.79 Å². The van der Waals surface area contributed by atoms with Crippen molar-refractivity contribution in [2.75, 3.05) is 5.32 Å². The Morgan fingerprint density at radius 3 is 2.62 bits per heavy atom. The highest BCUT2D eigenvalue weighted by Crippen LogP contribution is 2.26. The summed E-state index contributed by atoms with van der Waals surface area (Å²) in [6.45, 7) is 4.02. The number of aryl methyl sites for hydroxylation is 2. The maximum atomic E-state index is 13.0. The smallest absolute Gasteiger partial charge is 0.256 e. The number of rotatable bonds is 3. The van der Waals surface area contributed by atoms with E-state index in [9.17, 15) is 4.79 Å². The van der Waals surface area contributed by atoms with Crippen molar-refractivity contribution in [3.05, 3.63) is 83.6 Å². The van der Waals surface area contributed by atoms with Crippen molar-refractivity contribution in [1.82, 2.24) is 4.98 Å². The quantitative estimate of drug-likeness (QED) is 0.545. The van der Waals surface area contributed by atoms with Crippen molar-refractivity contribution in [2.45, 2.75) is 13.8 Å². The fraction of sp³-hybridized carbons (Fsp3) is 0.0909. The average molecular weight is 342 g/mol. The van der Waals surface area contributed by atoms with Gasteiger partial charge in [0, 0.05) is 11.1 Å². The van der Waals surface area contributed by atoms with E-state index in [0.717, 1.165) is 27.7 Å². The molecule has 0 unspecified atom stereocenters. The van der Waals surface area contributed by atoms with Gasteiger partial charge in [0.15, 0.2) is 5.76 Å². The molecule has 128 valence electrons. The molecule has 0 bridgehead atoms. The minimum Gasteiger partial charge on any atom is -0.463 e. The van der Waals surface area contributed by atoms with Gasteiger partial charge in [0.2, 0.25) is 0 Å². The van der Waals surface area contributed by atoms with Crippen LogP contribution in [0.4, 0.5) is 5.69 Å². The maximum Gasteiger partial charge on any atom is 0.256 e. The molecule has 4 heteroatoms. The van der Waals surface area contributed by atoms with E-state index < -0.39 is 0 Å². The molecular weight excluding hydrogens is 324 g/mol. The fourth-order valence-corrected chi connectivity index (χ4v) is 3.06. The molecule has 1 amide bonds. The Morgan fingerprint density at radius 2 is 1.85 bits per heavy atom. The van der Waals surface area contributed by atoms with Gasteiger partial charge >= 0.3 is 0 Å². The van der Waals surface area contributed by atoms with Crippen molar-refractivity contribution in [2.24, 2.45) is 0 Å². The normalized spacial score (nSPS) is 10.8. The number of para-hydroxylation sites is 1. The second kappa shape index (κ2) is 6.48. The molecule has 0 atom stereocenters. The Hall–Kier alpha value is -3.40. The highest BCUT2D eigenvalue weighted by atomic mass is 16.3. The standard InChI is InChI=1S/C22H18N2O2/c1-14-9-10-18(15(2)12-14)24-22(25)17-13-20(21-8-5-11-26-21)23-19-7-4-3-6-16(17)19/h3-13H,1-2H3,(H,24,25). The number of carbonyl (C=O) groups is 1. The molecule has 0 saturated carbocycles. The number of fused-ring (bicyclic) bond motifs is 1. The lowest BCUT2D eigenvalue weighted by atomic mass is 10.1. The van der Waals surface area contributed by atoms with Crippen LogP contribution >= 0.6 is 0 Å². The van der Waals surface area contributed by atoms with Crippen LogP contribution < -0.4 is 5.32 Å². The number of nitrogens with zero attached hydrogens (tertiary/aromatic N) is 1. The van der Waals surface area contributed by atoms with Crippen molar-refractivity contribution in [3.63, 3.8) is 0 Å². The third kappa shape index (κ3) is 2.97. The number of anilines is 1. The largest absolute Gasteiger partial charge is 0.463 e. The lowest BCUT2D eigenvalue weighted by Crippen LogP contribution is -2.14. The second-order valence-electron chi connectivity index (χ2n) is 6.32. The zero-order valence-electron chi connectivity index (χ0n) is 14.6. The van der Waals surface area contributed by atoms with Gasteiger partial charge in [-0.1, -0.05) is 35.9 Å². The molecule has 0 saturated heterocycles. The van der Waals surface area contributed by atoms with Crippen molar-refractivity contribution < 1.29 is 9.21 Å². The lowest BCUT2D eigenvalue weighted by Gasteiger charge is -2.12. The van der Waals surface area contributed by atoms with Crippen LogP contribution in [0.25, 0.3) is 22.4 Å². The van der Waals surface area contributed by atoms with Crippen molar-refractivity contribution >= 4 is 22.5 Å². The molecule has 0 fully saturated rings. The number of hydrogen-bond donors (Lipinski definition) is 1. The predicted molar refractivity (Wildman–Crippen MR) is 103 cm³/mol. The monoisotopic (exact) mass is 342 g/mol. The van der Waals surface area contributed by atoms with Gasteiger partial charge in [0.25, 0.3) is 5.91 Å². The number of aromatic nitrogens is 1. The summed E-state index contributed by atoms with van der Waals surface area (Å²) in [5, 5.41) is 3.83. The molecule has 2 heterocycles. The molecule has 4 nitrogen and oxygen atoms in total. The van der Waals surface area contributed by atoms with Gasteiger partial charge in [-0.15, -0.1) is 0 Å². The number of amides is 1. The third-order valence-electron chi connectivity index (χ3n) is 4.36. The number of pyridine rings is 1. The van der Waals surface area contributed by atoms with E-state index in [4.69, 9.17) is 4.42 Å². The number of carbonyl (C=O) groups excluding carboxylic acids is 1. The Balaban J connectivity index is 1.80. The zero-order chi connectivity index (χ0) is 18.1. The number of benzene rings is 2. The van der Waals surface area contributed by atoms with E-state index in [1.807, 2.05) is 62.4 Å². The summed E-state index contributed by atoms with van der Waals surface area (Å²) in [6.07, 6.45) is 1.60. The summed E-state index contributed by atoms with van der Waals surface area (Å²) in [4.78, 5) is 17.6. The molecule has 0 spiro atoms. The van der Waals surface area contributed by atoms with Crippen LogP contribution in [0.1, 0.15) is 21.5 Å². The van der Waals surface area contributed by atoms with Gasteiger partial charge in [0.05, 0.1) is 17.3 Å². The minimum absolute atomic E-state index is 0.164. The van der Waals surface area contributed by atoms with E-state index in [0.29, 0.717) is 17.0 Å². The van der Waals surface area contributed by atoms with Crippen LogP contribution in [0.2, 0.25) is 0 Å². The Morgan fingerprint density at radius 1 is 1.00 bits per heavy atom. The summed E-state index contributed by atoms with van der Waals surface area (Å²) < 4.78 is 5.46. The van der Waals surface area contributed by atoms with Gasteiger partial charge in [0.1, 0.15) is 5.69 Å². The molecule has 2 aromatic heterocycles. The van der Waals surface area contributed by atoms with Crippen LogP contribution in [0, 0.1) is 13.8 Å². The molecule has 4 rings (SSSR count). The van der Waals surface area contributed by atoms with Crippen LogP contribution in [0.5, 0.6) is 0 Å². The minimum atomic E-state index is -0.164. The van der Waals surface area contributed by atoms with Crippen molar-refractivity contribution in [3.8, 4) is 11.5 Å². The van der Waals surface area contributed by atoms with Gasteiger partial charge in [-0.25, -0.2) is 4.98 Å². The molecule has 0 aliphatic carbocycles. The van der Waals surface area contributed by atoms with Crippen LogP contribution in [-0.2, 0) is 0 Å². The van der Waals surface area contributed by atoms with E-state index >= 15 is 0 Å². The number of furan rings is 1. The summed E-state index contributed by atoms with van der Waals surface area (Å²) >= 11 is 0. The maximum absolute atomic E-state index is 13.0. The van der Waals surface area contributed by atoms with Gasteiger partial charge in [-0.2, -0.15) is 0 Å². The van der Waals surface area contributed by atoms with Crippen molar-refractivity contribution in [1.29, 1.82) is 0 Å². The van der Waals surface area contributed by atoms with E-state index in [2.05, 4.69) is 16.4 Å². The SMILES string of the molecule is Cc1ccc(NC(=O)c2cc(-c3ccco3)nc3ccccc23)c(C)c1. The molecule has 1 N–H and O–H groups in total. The Kier molecular flexibility index (Phi) is 4.01. The fourth-order valence-electron chi connectivity index (χ4n) is 3.06. The van der Waals surface area contributed by atoms with Crippen LogP contribution in [0.3, 0.4) is 0 Å². The molecule has 2 aromatic carbocycles. The number of nitrogens with one attached hydrogen (secondary N) is 1. The van der Waals surface area contributed by atoms with E-state index in [-0.39, 0.29) is 5.91 Å². The first-order chi connectivity index (χ1) is 12.6. The van der Waals surface area contributed by atoms with Gasteiger partial charge in [-0.05, 0) is 49.7 Å². The highest BCUT2D eigenvalue weighted by Gasteiger charge is 2.15. The Bertz CT molecular complexity index is 1100. The summed E-state index contributed by atoms with van der Waals surface area (Å²) in [6, 6.07) is 19.0. The summed E-state index contributed by atoms with van der Waals surface area (Å²) in [5.41, 5.74) is 4.97. The summed E-state index contributed by atoms with van der Waals surface area (Å²) in [5.74, 6) is 0.472. The Labute approximate surface area is 151 Å². The molecule has 26 heavy (non-hydrogen) atoms. The molecular formula is C22H18N2O2. The zero-order valence-corrected chi connectivity index (χ0v) is 14.6. The topological polar surface area (TPSA) is 55.1 Å². The van der Waals surface area contributed by atoms with Gasteiger partial charge < -0.3 is 9.73 Å².